The summed E-state index contributed by atoms with van der Waals surface area (Å²) in [6.07, 6.45) is 6.40. The predicted octanol–water partition coefficient (Wildman–Crippen LogP) is 2.40. The summed E-state index contributed by atoms with van der Waals surface area (Å²) in [4.78, 5) is 26.4. The first-order chi connectivity index (χ1) is 13.0. The molecular weight excluding hydrogens is 344 g/mol. The van der Waals surface area contributed by atoms with Crippen LogP contribution in [0, 0.1) is 11.8 Å². The van der Waals surface area contributed by atoms with E-state index in [0.29, 0.717) is 38.2 Å². The second kappa shape index (κ2) is 11.8. The third-order valence-corrected chi connectivity index (χ3v) is 5.91. The Kier molecular flexibility index (Phi) is 9.73. The number of rotatable bonds is 10. The van der Waals surface area contributed by atoms with E-state index in [4.69, 9.17) is 9.47 Å². The van der Waals surface area contributed by atoms with Crippen molar-refractivity contribution in [3.63, 3.8) is 0 Å². The molecule has 1 amide bonds. The van der Waals surface area contributed by atoms with Gasteiger partial charge in [0.05, 0.1) is 25.9 Å². The molecule has 1 heterocycles. The van der Waals surface area contributed by atoms with E-state index in [1.807, 2.05) is 13.8 Å². The summed E-state index contributed by atoms with van der Waals surface area (Å²) in [6.45, 7) is 9.98. The molecule has 0 aromatic rings. The molecule has 1 aliphatic heterocycles. The Morgan fingerprint density at radius 2 is 1.63 bits per heavy atom. The Labute approximate surface area is 164 Å². The van der Waals surface area contributed by atoms with Gasteiger partial charge in [-0.3, -0.25) is 9.59 Å². The van der Waals surface area contributed by atoms with Gasteiger partial charge in [-0.05, 0) is 72.4 Å². The van der Waals surface area contributed by atoms with E-state index in [2.05, 4.69) is 10.2 Å². The van der Waals surface area contributed by atoms with Gasteiger partial charge < -0.3 is 19.7 Å². The van der Waals surface area contributed by atoms with Crippen LogP contribution in [0.15, 0.2) is 0 Å². The summed E-state index contributed by atoms with van der Waals surface area (Å²) < 4.78 is 10.9. The molecule has 0 bridgehead atoms. The zero-order valence-corrected chi connectivity index (χ0v) is 17.4. The van der Waals surface area contributed by atoms with E-state index < -0.39 is 0 Å². The number of nitrogens with zero attached hydrogens (tertiary/aromatic N) is 1. The van der Waals surface area contributed by atoms with E-state index in [9.17, 15) is 9.59 Å². The number of amides is 1. The van der Waals surface area contributed by atoms with Crippen LogP contribution >= 0.6 is 0 Å². The lowest BCUT2D eigenvalue weighted by molar-refractivity contribution is -0.127. The van der Waals surface area contributed by atoms with Crippen LogP contribution in [-0.2, 0) is 19.1 Å². The molecule has 156 valence electrons. The van der Waals surface area contributed by atoms with Gasteiger partial charge in [-0.1, -0.05) is 0 Å². The molecule has 0 radical (unpaired) electrons. The fourth-order valence-corrected chi connectivity index (χ4v) is 4.21. The van der Waals surface area contributed by atoms with Crippen molar-refractivity contribution in [2.75, 3.05) is 39.5 Å². The summed E-state index contributed by atoms with van der Waals surface area (Å²) in [5.41, 5.74) is 0. The van der Waals surface area contributed by atoms with E-state index in [1.54, 1.807) is 6.92 Å². The number of hydrogen-bond acceptors (Lipinski definition) is 5. The molecule has 6 nitrogen and oxygen atoms in total. The fourth-order valence-electron chi connectivity index (χ4n) is 4.21. The Balaban J connectivity index is 1.55. The molecule has 1 aliphatic carbocycles. The molecule has 0 unspecified atom stereocenters. The molecule has 27 heavy (non-hydrogen) atoms. The molecule has 6 heteroatoms. The molecule has 1 saturated carbocycles. The predicted molar refractivity (Wildman–Crippen MR) is 106 cm³/mol. The van der Waals surface area contributed by atoms with Gasteiger partial charge in [-0.15, -0.1) is 0 Å². The van der Waals surface area contributed by atoms with Gasteiger partial charge in [0.1, 0.15) is 5.78 Å². The summed E-state index contributed by atoms with van der Waals surface area (Å²) in [5, 5.41) is 3.00. The fraction of sp³-hybridized carbons (Fsp3) is 0.905. The van der Waals surface area contributed by atoms with Gasteiger partial charge in [-0.25, -0.2) is 0 Å². The molecule has 1 saturated heterocycles. The van der Waals surface area contributed by atoms with Crippen molar-refractivity contribution in [1.29, 1.82) is 0 Å². The number of nitrogens with one attached hydrogen (secondary N) is 1. The second-order valence-corrected chi connectivity index (χ2v) is 8.25. The number of ketones is 1. The van der Waals surface area contributed by atoms with Gasteiger partial charge in [-0.2, -0.15) is 0 Å². The monoisotopic (exact) mass is 382 g/mol. The highest BCUT2D eigenvalue weighted by Gasteiger charge is 2.31. The maximum absolute atomic E-state index is 12.3. The lowest BCUT2D eigenvalue weighted by Gasteiger charge is -2.40. The number of likely N-dealkylation sites (tertiary alicyclic amines) is 1. The maximum atomic E-state index is 12.3. The first kappa shape index (κ1) is 22.3. The van der Waals surface area contributed by atoms with Crippen molar-refractivity contribution >= 4 is 11.7 Å². The van der Waals surface area contributed by atoms with Gasteiger partial charge in [0.15, 0.2) is 0 Å². The molecule has 2 fully saturated rings. The number of carbonyl (C=O) groups is 2. The molecule has 0 atom stereocenters. The van der Waals surface area contributed by atoms with Gasteiger partial charge in [0.2, 0.25) is 5.91 Å². The van der Waals surface area contributed by atoms with Crippen molar-refractivity contribution in [1.82, 2.24) is 10.2 Å². The van der Waals surface area contributed by atoms with Crippen LogP contribution in [0.5, 0.6) is 0 Å². The second-order valence-electron chi connectivity index (χ2n) is 8.25. The average molecular weight is 383 g/mol. The number of hydrogen-bond donors (Lipinski definition) is 1. The Bertz CT molecular complexity index is 453. The number of carbonyl (C=O) groups excluding carboxylic acids is 2. The van der Waals surface area contributed by atoms with Crippen LogP contribution in [0.2, 0.25) is 0 Å². The van der Waals surface area contributed by atoms with Crippen molar-refractivity contribution in [2.45, 2.75) is 71.4 Å². The van der Waals surface area contributed by atoms with Crippen molar-refractivity contribution in [3.8, 4) is 0 Å². The summed E-state index contributed by atoms with van der Waals surface area (Å²) in [5.74, 6) is 0.917. The van der Waals surface area contributed by atoms with E-state index in [-0.39, 0.29) is 23.8 Å². The standard InChI is InChI=1S/C21H38N2O4/c1-16(2)27-15-14-26-13-10-22-21(25)19-8-11-23(12-9-19)20-6-4-18(5-7-20)17(3)24/h16,18-20H,4-15H2,1-3H3,(H,22,25)/t18-,20+. The third-order valence-electron chi connectivity index (χ3n) is 5.91. The molecule has 0 aromatic heterocycles. The minimum absolute atomic E-state index is 0.124. The molecule has 2 rings (SSSR count). The number of piperidine rings is 1. The van der Waals surface area contributed by atoms with Crippen LogP contribution in [0.25, 0.3) is 0 Å². The number of Topliss-reactive ketones (excluding diaryl/α,β-unsaturated/α-hetero) is 1. The first-order valence-corrected chi connectivity index (χ1v) is 10.7. The smallest absolute Gasteiger partial charge is 0.223 e. The first-order valence-electron chi connectivity index (χ1n) is 10.7. The van der Waals surface area contributed by atoms with Crippen molar-refractivity contribution in [2.24, 2.45) is 11.8 Å². The minimum atomic E-state index is 0.124. The highest BCUT2D eigenvalue weighted by atomic mass is 16.5. The molecule has 2 aliphatic rings. The largest absolute Gasteiger partial charge is 0.377 e. The third kappa shape index (κ3) is 7.88. The van der Waals surface area contributed by atoms with E-state index >= 15 is 0 Å². The van der Waals surface area contributed by atoms with Gasteiger partial charge in [0.25, 0.3) is 0 Å². The van der Waals surface area contributed by atoms with Gasteiger partial charge in [0, 0.05) is 24.4 Å². The zero-order chi connectivity index (χ0) is 19.6. The van der Waals surface area contributed by atoms with E-state index in [1.165, 1.54) is 0 Å². The summed E-state index contributed by atoms with van der Waals surface area (Å²) in [7, 11) is 0. The van der Waals surface area contributed by atoms with Crippen molar-refractivity contribution in [3.05, 3.63) is 0 Å². The van der Waals surface area contributed by atoms with Crippen LogP contribution in [0.3, 0.4) is 0 Å². The van der Waals surface area contributed by atoms with E-state index in [0.717, 1.165) is 51.6 Å². The Hall–Kier alpha value is -0.980. The topological polar surface area (TPSA) is 67.9 Å². The highest BCUT2D eigenvalue weighted by molar-refractivity contribution is 5.79. The molecular formula is C21H38N2O4. The quantitative estimate of drug-likeness (QED) is 0.588. The summed E-state index contributed by atoms with van der Waals surface area (Å²) >= 11 is 0. The highest BCUT2D eigenvalue weighted by Crippen LogP contribution is 2.30. The van der Waals surface area contributed by atoms with Gasteiger partial charge >= 0.3 is 0 Å². The van der Waals surface area contributed by atoms with Crippen LogP contribution in [0.4, 0.5) is 0 Å². The van der Waals surface area contributed by atoms with Crippen LogP contribution in [0.1, 0.15) is 59.3 Å². The molecule has 1 N–H and O–H groups in total. The minimum Gasteiger partial charge on any atom is -0.377 e. The molecule has 0 aromatic carbocycles. The molecule has 0 spiro atoms. The van der Waals surface area contributed by atoms with Crippen LogP contribution < -0.4 is 5.32 Å². The normalized spacial score (nSPS) is 24.9. The maximum Gasteiger partial charge on any atom is 0.223 e. The lowest BCUT2D eigenvalue weighted by atomic mass is 9.82. The SMILES string of the molecule is CC(=O)[C@H]1CC[C@@H](N2CCC(C(=O)NCCOCCOC(C)C)CC2)CC1. The zero-order valence-electron chi connectivity index (χ0n) is 17.4. The van der Waals surface area contributed by atoms with Crippen LogP contribution in [-0.4, -0.2) is 68.2 Å². The number of ether oxygens (including phenoxy) is 2. The Morgan fingerprint density at radius 3 is 2.22 bits per heavy atom. The Morgan fingerprint density at radius 1 is 0.963 bits per heavy atom. The average Bonchev–Trinajstić information content (AvgIpc) is 2.67. The summed E-state index contributed by atoms with van der Waals surface area (Å²) in [6, 6.07) is 0.603. The van der Waals surface area contributed by atoms with Crippen molar-refractivity contribution < 1.29 is 19.1 Å². The lowest BCUT2D eigenvalue weighted by Crippen LogP contribution is -2.46.